The number of hydrogen-bond acceptors (Lipinski definition) is 5. The Morgan fingerprint density at radius 1 is 1.48 bits per heavy atom. The maximum atomic E-state index is 12.1. The predicted molar refractivity (Wildman–Crippen MR) is 81.9 cm³/mol. The summed E-state index contributed by atoms with van der Waals surface area (Å²) in [6.07, 6.45) is 3.48. The minimum atomic E-state index is -0.456. The monoisotopic (exact) mass is 292 g/mol. The van der Waals surface area contributed by atoms with Gasteiger partial charge in [-0.05, 0) is 30.4 Å². The van der Waals surface area contributed by atoms with Crippen LogP contribution in [0, 0.1) is 5.92 Å². The molecule has 0 saturated carbocycles. The molecule has 1 saturated heterocycles. The van der Waals surface area contributed by atoms with Crippen molar-refractivity contribution in [1.29, 1.82) is 0 Å². The highest BCUT2D eigenvalue weighted by Gasteiger charge is 2.26. The lowest BCUT2D eigenvalue weighted by Crippen LogP contribution is -2.46. The molecule has 1 unspecified atom stereocenters. The number of nitrogens with zero attached hydrogens (tertiary/aromatic N) is 2. The summed E-state index contributed by atoms with van der Waals surface area (Å²) in [4.78, 5) is 18.3. The third-order valence-corrected chi connectivity index (χ3v) is 3.81. The minimum absolute atomic E-state index is 0.0985. The molecule has 116 valence electrons. The van der Waals surface area contributed by atoms with Crippen molar-refractivity contribution in [3.05, 3.63) is 23.9 Å². The highest BCUT2D eigenvalue weighted by molar-refractivity contribution is 5.81. The van der Waals surface area contributed by atoms with E-state index in [1.165, 1.54) is 0 Å². The van der Waals surface area contributed by atoms with Gasteiger partial charge in [0.15, 0.2) is 0 Å². The number of carbonyl (C=O) groups is 1. The van der Waals surface area contributed by atoms with Crippen molar-refractivity contribution in [1.82, 2.24) is 10.3 Å². The Hall–Kier alpha value is -1.66. The number of hydrogen-bond donors (Lipinski definition) is 2. The third-order valence-electron chi connectivity index (χ3n) is 3.81. The molecule has 1 aromatic rings. The second-order valence-corrected chi connectivity index (χ2v) is 5.61. The molecule has 3 N–H and O–H groups in total. The van der Waals surface area contributed by atoms with Gasteiger partial charge in [0, 0.05) is 40.1 Å². The van der Waals surface area contributed by atoms with Crippen LogP contribution in [0.3, 0.4) is 0 Å². The van der Waals surface area contributed by atoms with E-state index in [1.54, 1.807) is 6.20 Å². The molecule has 0 spiro atoms. The van der Waals surface area contributed by atoms with Gasteiger partial charge in [0.2, 0.25) is 5.91 Å². The first kappa shape index (κ1) is 15.7. The SMILES string of the molecule is CN(C)c1ccc(CNC(=O)C(N)C2CCOCC2)cn1. The maximum Gasteiger partial charge on any atom is 0.237 e. The summed E-state index contributed by atoms with van der Waals surface area (Å²) in [5.41, 5.74) is 7.00. The van der Waals surface area contributed by atoms with Crippen LogP contribution in [-0.4, -0.2) is 44.2 Å². The van der Waals surface area contributed by atoms with Gasteiger partial charge >= 0.3 is 0 Å². The van der Waals surface area contributed by atoms with Gasteiger partial charge in [-0.15, -0.1) is 0 Å². The first-order valence-corrected chi connectivity index (χ1v) is 7.31. The lowest BCUT2D eigenvalue weighted by molar-refractivity contribution is -0.124. The number of aromatic nitrogens is 1. The molecular formula is C15H24N4O2. The van der Waals surface area contributed by atoms with Crippen LogP contribution < -0.4 is 16.0 Å². The number of nitrogens with two attached hydrogens (primary N) is 1. The van der Waals surface area contributed by atoms with Crippen LogP contribution in [0.15, 0.2) is 18.3 Å². The van der Waals surface area contributed by atoms with Gasteiger partial charge in [-0.2, -0.15) is 0 Å². The van der Waals surface area contributed by atoms with E-state index in [0.717, 1.165) is 24.2 Å². The van der Waals surface area contributed by atoms with Crippen LogP contribution in [0.5, 0.6) is 0 Å². The fraction of sp³-hybridized carbons (Fsp3) is 0.600. The molecule has 6 nitrogen and oxygen atoms in total. The highest BCUT2D eigenvalue weighted by Crippen LogP contribution is 2.17. The van der Waals surface area contributed by atoms with E-state index in [9.17, 15) is 4.79 Å². The van der Waals surface area contributed by atoms with Crippen molar-refractivity contribution >= 4 is 11.7 Å². The number of rotatable bonds is 5. The summed E-state index contributed by atoms with van der Waals surface area (Å²) in [7, 11) is 3.88. The summed E-state index contributed by atoms with van der Waals surface area (Å²) in [6, 6.07) is 3.44. The Bertz CT molecular complexity index is 455. The second kappa shape index (κ2) is 7.38. The molecule has 1 aromatic heterocycles. The lowest BCUT2D eigenvalue weighted by atomic mass is 9.92. The van der Waals surface area contributed by atoms with Crippen LogP contribution in [-0.2, 0) is 16.1 Å². The van der Waals surface area contributed by atoms with E-state index >= 15 is 0 Å². The van der Waals surface area contributed by atoms with E-state index in [2.05, 4.69) is 10.3 Å². The lowest BCUT2D eigenvalue weighted by Gasteiger charge is -2.26. The van der Waals surface area contributed by atoms with Crippen molar-refractivity contribution < 1.29 is 9.53 Å². The van der Waals surface area contributed by atoms with E-state index in [0.29, 0.717) is 19.8 Å². The molecule has 1 aliphatic heterocycles. The van der Waals surface area contributed by atoms with Crippen LogP contribution in [0.4, 0.5) is 5.82 Å². The summed E-state index contributed by atoms with van der Waals surface area (Å²) >= 11 is 0. The highest BCUT2D eigenvalue weighted by atomic mass is 16.5. The molecule has 0 radical (unpaired) electrons. The number of anilines is 1. The van der Waals surface area contributed by atoms with Gasteiger partial charge in [0.1, 0.15) is 5.82 Å². The van der Waals surface area contributed by atoms with Crippen molar-refractivity contribution in [2.75, 3.05) is 32.2 Å². The Morgan fingerprint density at radius 2 is 2.19 bits per heavy atom. The largest absolute Gasteiger partial charge is 0.381 e. The molecule has 0 bridgehead atoms. The molecule has 21 heavy (non-hydrogen) atoms. The van der Waals surface area contributed by atoms with Crippen molar-refractivity contribution in [3.63, 3.8) is 0 Å². The van der Waals surface area contributed by atoms with E-state index in [4.69, 9.17) is 10.5 Å². The summed E-state index contributed by atoms with van der Waals surface area (Å²) in [5.74, 6) is 1.01. The van der Waals surface area contributed by atoms with Crippen LogP contribution in [0.1, 0.15) is 18.4 Å². The first-order chi connectivity index (χ1) is 10.1. The molecule has 2 heterocycles. The maximum absolute atomic E-state index is 12.1. The third kappa shape index (κ3) is 4.41. The minimum Gasteiger partial charge on any atom is -0.381 e. The van der Waals surface area contributed by atoms with Gasteiger partial charge in [-0.25, -0.2) is 4.98 Å². The van der Waals surface area contributed by atoms with Crippen LogP contribution >= 0.6 is 0 Å². The summed E-state index contributed by atoms with van der Waals surface area (Å²) in [6.45, 7) is 1.85. The van der Waals surface area contributed by atoms with Gasteiger partial charge in [0.05, 0.1) is 6.04 Å². The van der Waals surface area contributed by atoms with Gasteiger partial charge < -0.3 is 20.7 Å². The van der Waals surface area contributed by atoms with Gasteiger partial charge in [-0.3, -0.25) is 4.79 Å². The number of pyridine rings is 1. The molecule has 0 aromatic carbocycles. The number of ether oxygens (including phenoxy) is 1. The zero-order valence-corrected chi connectivity index (χ0v) is 12.7. The van der Waals surface area contributed by atoms with Gasteiger partial charge in [-0.1, -0.05) is 6.07 Å². The Morgan fingerprint density at radius 3 is 2.76 bits per heavy atom. The fourth-order valence-electron chi connectivity index (χ4n) is 2.38. The fourth-order valence-corrected chi connectivity index (χ4v) is 2.38. The van der Waals surface area contributed by atoms with Gasteiger partial charge in [0.25, 0.3) is 0 Å². The Kier molecular flexibility index (Phi) is 5.52. The summed E-state index contributed by atoms with van der Waals surface area (Å²) < 4.78 is 5.29. The van der Waals surface area contributed by atoms with Crippen molar-refractivity contribution in [2.24, 2.45) is 11.7 Å². The standard InChI is InChI=1S/C15H24N4O2/c1-19(2)13-4-3-11(9-17-13)10-18-15(20)14(16)12-5-7-21-8-6-12/h3-4,9,12,14H,5-8,10,16H2,1-2H3,(H,18,20). The second-order valence-electron chi connectivity index (χ2n) is 5.61. The number of amides is 1. The average molecular weight is 292 g/mol. The molecule has 0 aliphatic carbocycles. The Labute approximate surface area is 125 Å². The van der Waals surface area contributed by atoms with Crippen LogP contribution in [0.2, 0.25) is 0 Å². The molecular weight excluding hydrogens is 268 g/mol. The molecule has 1 aliphatic rings. The quantitative estimate of drug-likeness (QED) is 0.827. The molecule has 1 amide bonds. The number of nitrogens with one attached hydrogen (secondary N) is 1. The van der Waals surface area contributed by atoms with E-state index < -0.39 is 6.04 Å². The zero-order valence-electron chi connectivity index (χ0n) is 12.7. The first-order valence-electron chi connectivity index (χ1n) is 7.31. The molecule has 2 rings (SSSR count). The molecule has 1 fully saturated rings. The van der Waals surface area contributed by atoms with Crippen LogP contribution in [0.25, 0.3) is 0 Å². The smallest absolute Gasteiger partial charge is 0.237 e. The topological polar surface area (TPSA) is 80.5 Å². The Balaban J connectivity index is 1.82. The van der Waals surface area contributed by atoms with E-state index in [1.807, 2.05) is 31.1 Å². The molecule has 1 atom stereocenters. The molecule has 6 heteroatoms. The number of carbonyl (C=O) groups excluding carboxylic acids is 1. The predicted octanol–water partition coefficient (Wildman–Crippen LogP) is 0.518. The average Bonchev–Trinajstić information content (AvgIpc) is 2.53. The van der Waals surface area contributed by atoms with Crippen molar-refractivity contribution in [3.8, 4) is 0 Å². The van der Waals surface area contributed by atoms with Crippen molar-refractivity contribution in [2.45, 2.75) is 25.4 Å². The normalized spacial score (nSPS) is 17.3. The zero-order chi connectivity index (χ0) is 15.2. The summed E-state index contributed by atoms with van der Waals surface area (Å²) in [5, 5.41) is 2.89. The van der Waals surface area contributed by atoms with E-state index in [-0.39, 0.29) is 11.8 Å².